The minimum Gasteiger partial charge on any atom is -0.394 e. The number of primary amides is 2. The molecule has 7 amide bonds. The monoisotopic (exact) mass is 537 g/mol. The van der Waals surface area contributed by atoms with Crippen molar-refractivity contribution in [2.75, 3.05) is 19.8 Å². The number of nitrogens with one attached hydrogen (secondary N) is 5. The molecule has 11 N–H and O–H groups in total. The van der Waals surface area contributed by atoms with Gasteiger partial charge in [-0.2, -0.15) is 0 Å². The van der Waals surface area contributed by atoms with Gasteiger partial charge in [0.25, 0.3) is 0 Å². The van der Waals surface area contributed by atoms with Gasteiger partial charge in [0.15, 0.2) is 0 Å². The number of carbonyl (C=O) groups excluding carboxylic acids is 6. The van der Waals surface area contributed by atoms with Gasteiger partial charge < -0.3 is 48.3 Å². The van der Waals surface area contributed by atoms with Crippen LogP contribution in [0.1, 0.15) is 25.3 Å². The van der Waals surface area contributed by atoms with Crippen LogP contribution in [0.2, 0.25) is 0 Å². The summed E-state index contributed by atoms with van der Waals surface area (Å²) < 4.78 is 0. The molecule has 38 heavy (non-hydrogen) atoms. The van der Waals surface area contributed by atoms with Gasteiger partial charge in [0, 0.05) is 19.9 Å². The van der Waals surface area contributed by atoms with E-state index in [0.717, 1.165) is 6.92 Å². The average Bonchev–Trinajstić information content (AvgIpc) is 2.86. The zero-order chi connectivity index (χ0) is 28.7. The second-order valence-corrected chi connectivity index (χ2v) is 8.33. The minimum atomic E-state index is -1.51. The average molecular weight is 538 g/mol. The highest BCUT2D eigenvalue weighted by atomic mass is 16.3. The fraction of sp³-hybridized carbons (Fsp3) is 0.478. The molecule has 1 rings (SSSR count). The summed E-state index contributed by atoms with van der Waals surface area (Å²) in [7, 11) is 0. The Kier molecular flexibility index (Phi) is 13.8. The van der Waals surface area contributed by atoms with Crippen molar-refractivity contribution in [2.24, 2.45) is 11.5 Å². The second kappa shape index (κ2) is 16.5. The van der Waals surface area contributed by atoms with E-state index in [0.29, 0.717) is 5.56 Å². The molecule has 0 aromatic heterocycles. The molecule has 1 aromatic rings. The van der Waals surface area contributed by atoms with E-state index in [1.54, 1.807) is 30.3 Å². The normalized spacial score (nSPS) is 13.7. The van der Waals surface area contributed by atoms with Crippen LogP contribution in [0.25, 0.3) is 0 Å². The zero-order valence-electron chi connectivity index (χ0n) is 20.9. The van der Waals surface area contributed by atoms with Crippen molar-refractivity contribution in [3.8, 4) is 0 Å². The number of carbonyl (C=O) groups is 6. The number of aliphatic hydroxyl groups excluding tert-OH is 2. The van der Waals surface area contributed by atoms with Crippen LogP contribution < -0.4 is 38.1 Å². The number of nitrogens with two attached hydrogens (primary N) is 2. The van der Waals surface area contributed by atoms with E-state index < -0.39 is 72.9 Å². The fourth-order valence-electron chi connectivity index (χ4n) is 3.31. The maximum Gasteiger partial charge on any atom is 0.312 e. The number of hydrogen-bond donors (Lipinski definition) is 9. The summed E-state index contributed by atoms with van der Waals surface area (Å²) in [4.78, 5) is 72.2. The van der Waals surface area contributed by atoms with E-state index in [4.69, 9.17) is 11.5 Å². The van der Waals surface area contributed by atoms with E-state index in [9.17, 15) is 39.0 Å². The largest absolute Gasteiger partial charge is 0.394 e. The highest BCUT2D eigenvalue weighted by Gasteiger charge is 2.30. The van der Waals surface area contributed by atoms with Crippen molar-refractivity contribution >= 4 is 35.6 Å². The van der Waals surface area contributed by atoms with Gasteiger partial charge in [0.1, 0.15) is 24.2 Å². The molecule has 210 valence electrons. The third-order valence-corrected chi connectivity index (χ3v) is 5.24. The van der Waals surface area contributed by atoms with Crippen LogP contribution in [-0.4, -0.2) is 89.7 Å². The molecular formula is C23H35N7O8. The summed E-state index contributed by atoms with van der Waals surface area (Å²) in [6.07, 6.45) is 0.275. The SMILES string of the molecule is CC(=O)N[C@@H](CO)C(=O)N[C@@H](Cc1ccccc1)C(=O)N[C@H](CO)C(=O)N[C@@H](CCCNC(N)=O)C(N)=O. The van der Waals surface area contributed by atoms with Gasteiger partial charge >= 0.3 is 6.03 Å². The van der Waals surface area contributed by atoms with Crippen LogP contribution in [0.5, 0.6) is 0 Å². The predicted molar refractivity (Wildman–Crippen MR) is 134 cm³/mol. The molecule has 0 saturated heterocycles. The van der Waals surface area contributed by atoms with Gasteiger partial charge in [0.05, 0.1) is 13.2 Å². The van der Waals surface area contributed by atoms with Gasteiger partial charge in [-0.1, -0.05) is 30.3 Å². The Bertz CT molecular complexity index is 976. The lowest BCUT2D eigenvalue weighted by Crippen LogP contribution is -2.59. The molecular weight excluding hydrogens is 502 g/mol. The summed E-state index contributed by atoms with van der Waals surface area (Å²) in [5.74, 6) is -4.06. The Hall–Kier alpha value is -4.24. The molecule has 0 fully saturated rings. The molecule has 0 aliphatic carbocycles. The number of aliphatic hydroxyl groups is 2. The van der Waals surface area contributed by atoms with Crippen molar-refractivity contribution in [3.05, 3.63) is 35.9 Å². The lowest BCUT2D eigenvalue weighted by molar-refractivity contribution is -0.135. The third kappa shape index (κ3) is 11.7. The molecule has 1 aromatic carbocycles. The van der Waals surface area contributed by atoms with E-state index in [-0.39, 0.29) is 25.8 Å². The first-order valence-electron chi connectivity index (χ1n) is 11.7. The molecule has 0 heterocycles. The molecule has 15 nitrogen and oxygen atoms in total. The zero-order valence-corrected chi connectivity index (χ0v) is 20.9. The minimum absolute atomic E-state index is 0.0207. The lowest BCUT2D eigenvalue weighted by atomic mass is 10.0. The van der Waals surface area contributed by atoms with E-state index in [1.807, 2.05) is 0 Å². The van der Waals surface area contributed by atoms with Gasteiger partial charge in [0.2, 0.25) is 29.5 Å². The van der Waals surface area contributed by atoms with Crippen LogP contribution in [-0.2, 0) is 30.4 Å². The maximum absolute atomic E-state index is 13.1. The quantitative estimate of drug-likeness (QED) is 0.0940. The first-order valence-corrected chi connectivity index (χ1v) is 11.7. The highest BCUT2D eigenvalue weighted by molar-refractivity contribution is 5.95. The Morgan fingerprint density at radius 3 is 1.76 bits per heavy atom. The maximum atomic E-state index is 13.1. The second-order valence-electron chi connectivity index (χ2n) is 8.33. The van der Waals surface area contributed by atoms with E-state index in [2.05, 4.69) is 26.6 Å². The number of urea groups is 1. The first-order chi connectivity index (χ1) is 18.0. The van der Waals surface area contributed by atoms with Crippen LogP contribution in [0.3, 0.4) is 0 Å². The molecule has 15 heteroatoms. The van der Waals surface area contributed by atoms with Gasteiger partial charge in [-0.15, -0.1) is 0 Å². The third-order valence-electron chi connectivity index (χ3n) is 5.24. The Morgan fingerprint density at radius 2 is 1.26 bits per heavy atom. The van der Waals surface area contributed by atoms with E-state index >= 15 is 0 Å². The van der Waals surface area contributed by atoms with E-state index in [1.165, 1.54) is 0 Å². The summed E-state index contributed by atoms with van der Waals surface area (Å²) in [5.41, 5.74) is 10.9. The Balaban J connectivity index is 2.96. The summed E-state index contributed by atoms with van der Waals surface area (Å²) in [5, 5.41) is 30.9. The number of benzene rings is 1. The lowest BCUT2D eigenvalue weighted by Gasteiger charge is -2.25. The van der Waals surface area contributed by atoms with Gasteiger partial charge in [-0.05, 0) is 18.4 Å². The molecule has 0 spiro atoms. The molecule has 0 saturated carbocycles. The molecule has 0 aliphatic heterocycles. The summed E-state index contributed by atoms with van der Waals surface area (Å²) in [6, 6.07) is 2.57. The molecule has 0 radical (unpaired) electrons. The van der Waals surface area contributed by atoms with Crippen molar-refractivity contribution in [1.29, 1.82) is 0 Å². The molecule has 0 unspecified atom stereocenters. The number of amides is 7. The van der Waals surface area contributed by atoms with Gasteiger partial charge in [-0.25, -0.2) is 4.79 Å². The fourth-order valence-corrected chi connectivity index (χ4v) is 3.31. The molecule has 4 atom stereocenters. The van der Waals surface area contributed by atoms with Crippen LogP contribution in [0.15, 0.2) is 30.3 Å². The number of rotatable bonds is 16. The molecule has 0 bridgehead atoms. The van der Waals surface area contributed by atoms with Gasteiger partial charge in [-0.3, -0.25) is 24.0 Å². The molecule has 0 aliphatic rings. The Morgan fingerprint density at radius 1 is 0.763 bits per heavy atom. The van der Waals surface area contributed by atoms with Crippen LogP contribution in [0, 0.1) is 0 Å². The Labute approximate surface area is 219 Å². The summed E-state index contributed by atoms with van der Waals surface area (Å²) >= 11 is 0. The standard InChI is InChI=1S/C23H35N7O8/c1-13(33)27-17(11-31)21(36)29-16(10-14-6-3-2-4-7-14)20(35)30-18(12-32)22(37)28-15(19(24)34)8-5-9-26-23(25)38/h2-4,6-7,15-18,31-32H,5,8-12H2,1H3,(H2,24,34)(H,27,33)(H,28,37)(H,29,36)(H,30,35)(H3,25,26,38)/t15-,16-,17-,18+/m0/s1. The van der Waals surface area contributed by atoms with Crippen molar-refractivity contribution in [1.82, 2.24) is 26.6 Å². The van der Waals surface area contributed by atoms with Crippen molar-refractivity contribution in [2.45, 2.75) is 50.4 Å². The smallest absolute Gasteiger partial charge is 0.312 e. The van der Waals surface area contributed by atoms with Crippen LogP contribution in [0.4, 0.5) is 4.79 Å². The predicted octanol–water partition coefficient (Wildman–Crippen LogP) is -3.89. The van der Waals surface area contributed by atoms with Crippen molar-refractivity contribution in [3.63, 3.8) is 0 Å². The first kappa shape index (κ1) is 31.8. The van der Waals surface area contributed by atoms with Crippen LogP contribution >= 0.6 is 0 Å². The van der Waals surface area contributed by atoms with Crippen molar-refractivity contribution < 1.29 is 39.0 Å². The highest BCUT2D eigenvalue weighted by Crippen LogP contribution is 2.05. The number of hydrogen-bond acceptors (Lipinski definition) is 8. The topological polar surface area (TPSA) is 255 Å². The summed E-state index contributed by atoms with van der Waals surface area (Å²) in [6.45, 7) is -0.287.